The van der Waals surface area contributed by atoms with Crippen LogP contribution in [0.5, 0.6) is 0 Å². The van der Waals surface area contributed by atoms with Gasteiger partial charge in [0.15, 0.2) is 0 Å². The lowest BCUT2D eigenvalue weighted by Crippen LogP contribution is -2.37. The highest BCUT2D eigenvalue weighted by molar-refractivity contribution is 4.67. The highest BCUT2D eigenvalue weighted by Gasteiger charge is 2.11. The molecule has 0 aromatic carbocycles. The van der Waals surface area contributed by atoms with Gasteiger partial charge in [-0.25, -0.2) is 0 Å². The Morgan fingerprint density at radius 2 is 1.87 bits per heavy atom. The van der Waals surface area contributed by atoms with Gasteiger partial charge in [-0.15, -0.1) is 0 Å². The summed E-state index contributed by atoms with van der Waals surface area (Å²) in [6.45, 7) is 3.88. The molecular weight excluding hydrogens is 194 g/mol. The van der Waals surface area contributed by atoms with E-state index in [0.717, 1.165) is 32.5 Å². The second kappa shape index (κ2) is 10.4. The lowest BCUT2D eigenvalue weighted by atomic mass is 10.2. The number of methoxy groups -OCH3 is 1. The van der Waals surface area contributed by atoms with Crippen LogP contribution in [0.15, 0.2) is 0 Å². The molecular formula is C11H25NO3. The van der Waals surface area contributed by atoms with E-state index in [1.807, 2.05) is 14.0 Å². The van der Waals surface area contributed by atoms with E-state index in [1.165, 1.54) is 0 Å². The fourth-order valence-corrected chi connectivity index (χ4v) is 1.17. The van der Waals surface area contributed by atoms with Crippen molar-refractivity contribution in [3.05, 3.63) is 0 Å². The minimum absolute atomic E-state index is 0.0819. The van der Waals surface area contributed by atoms with Gasteiger partial charge in [0.2, 0.25) is 0 Å². The van der Waals surface area contributed by atoms with Gasteiger partial charge in [0, 0.05) is 26.4 Å². The summed E-state index contributed by atoms with van der Waals surface area (Å²) in [4.78, 5) is 0. The van der Waals surface area contributed by atoms with Gasteiger partial charge in [-0.3, -0.25) is 0 Å². The molecule has 0 amide bonds. The maximum atomic E-state index is 9.55. The molecule has 15 heavy (non-hydrogen) atoms. The van der Waals surface area contributed by atoms with Gasteiger partial charge in [-0.1, -0.05) is 0 Å². The molecule has 0 saturated heterocycles. The van der Waals surface area contributed by atoms with Gasteiger partial charge in [0.25, 0.3) is 0 Å². The highest BCUT2D eigenvalue weighted by Crippen LogP contribution is 1.98. The lowest BCUT2D eigenvalue weighted by Gasteiger charge is -2.17. The molecule has 0 aliphatic rings. The summed E-state index contributed by atoms with van der Waals surface area (Å²) in [7, 11) is 3.55. The molecule has 4 heteroatoms. The number of aliphatic hydroxyl groups is 1. The van der Waals surface area contributed by atoms with Crippen molar-refractivity contribution in [1.29, 1.82) is 0 Å². The molecule has 0 aromatic rings. The average Bonchev–Trinajstić information content (AvgIpc) is 2.26. The first kappa shape index (κ1) is 14.8. The smallest absolute Gasteiger partial charge is 0.0923 e. The van der Waals surface area contributed by atoms with Crippen molar-refractivity contribution >= 4 is 0 Å². The summed E-state index contributed by atoms with van der Waals surface area (Å²) in [5.74, 6) is 0. The van der Waals surface area contributed by atoms with Crippen molar-refractivity contribution in [2.75, 3.05) is 34.0 Å². The first-order valence-electron chi connectivity index (χ1n) is 5.64. The number of hydrogen-bond acceptors (Lipinski definition) is 4. The predicted octanol–water partition coefficient (Wildman–Crippen LogP) is 0.788. The Balaban J connectivity index is 3.16. The number of nitrogens with one attached hydrogen (secondary N) is 1. The van der Waals surface area contributed by atoms with Gasteiger partial charge in [0.1, 0.15) is 0 Å². The predicted molar refractivity (Wildman–Crippen MR) is 61.1 cm³/mol. The van der Waals surface area contributed by atoms with E-state index in [2.05, 4.69) is 5.32 Å². The summed E-state index contributed by atoms with van der Waals surface area (Å²) in [6.07, 6.45) is 2.80. The Kier molecular flexibility index (Phi) is 10.3. The van der Waals surface area contributed by atoms with E-state index in [9.17, 15) is 5.11 Å². The van der Waals surface area contributed by atoms with Crippen molar-refractivity contribution in [2.24, 2.45) is 0 Å². The largest absolute Gasteiger partial charge is 0.389 e. The third-order valence-corrected chi connectivity index (χ3v) is 2.46. The molecule has 0 rings (SSSR count). The first-order chi connectivity index (χ1) is 7.22. The van der Waals surface area contributed by atoms with Crippen LogP contribution in [-0.2, 0) is 9.47 Å². The molecule has 92 valence electrons. The first-order valence-corrected chi connectivity index (χ1v) is 5.64. The molecule has 0 fully saturated rings. The summed E-state index contributed by atoms with van der Waals surface area (Å²) in [5, 5.41) is 12.5. The molecule has 2 N–H and O–H groups in total. The summed E-state index contributed by atoms with van der Waals surface area (Å²) >= 11 is 0. The zero-order valence-corrected chi connectivity index (χ0v) is 10.2. The second-order valence-electron chi connectivity index (χ2n) is 3.77. The quantitative estimate of drug-likeness (QED) is 0.533. The molecule has 2 atom stereocenters. The molecule has 0 aliphatic carbocycles. The Morgan fingerprint density at radius 3 is 2.47 bits per heavy atom. The van der Waals surface area contributed by atoms with Gasteiger partial charge in [-0.2, -0.15) is 0 Å². The third-order valence-electron chi connectivity index (χ3n) is 2.46. The number of hydrogen-bond donors (Lipinski definition) is 2. The Labute approximate surface area is 93.0 Å². The summed E-state index contributed by atoms with van der Waals surface area (Å²) < 4.78 is 10.3. The number of ether oxygens (including phenoxy) is 2. The third kappa shape index (κ3) is 8.81. The lowest BCUT2D eigenvalue weighted by molar-refractivity contribution is 0.0194. The van der Waals surface area contributed by atoms with Crippen LogP contribution in [0.2, 0.25) is 0 Å². The van der Waals surface area contributed by atoms with Crippen molar-refractivity contribution in [3.63, 3.8) is 0 Å². The van der Waals surface area contributed by atoms with Gasteiger partial charge in [-0.05, 0) is 33.2 Å². The van der Waals surface area contributed by atoms with Crippen LogP contribution < -0.4 is 5.32 Å². The van der Waals surface area contributed by atoms with Crippen LogP contribution in [0.1, 0.15) is 26.2 Å². The SMILES string of the molecule is CN[C@@H](C)C(O)COCCCCCOC. The van der Waals surface area contributed by atoms with E-state index in [0.29, 0.717) is 6.61 Å². The van der Waals surface area contributed by atoms with Gasteiger partial charge >= 0.3 is 0 Å². The fourth-order valence-electron chi connectivity index (χ4n) is 1.17. The maximum Gasteiger partial charge on any atom is 0.0923 e. The molecule has 0 aliphatic heterocycles. The summed E-state index contributed by atoms with van der Waals surface area (Å²) in [6, 6.07) is 0.0819. The van der Waals surface area contributed by atoms with Crippen LogP contribution >= 0.6 is 0 Å². The zero-order chi connectivity index (χ0) is 11.5. The fraction of sp³-hybridized carbons (Fsp3) is 1.00. The topological polar surface area (TPSA) is 50.7 Å². The van der Waals surface area contributed by atoms with Crippen LogP contribution in [0.25, 0.3) is 0 Å². The molecule has 1 unspecified atom stereocenters. The van der Waals surface area contributed by atoms with Crippen LogP contribution in [0.4, 0.5) is 0 Å². The number of likely N-dealkylation sites (N-methyl/N-ethyl adjacent to an activating group) is 1. The normalized spacial score (nSPS) is 15.2. The van der Waals surface area contributed by atoms with E-state index in [-0.39, 0.29) is 6.04 Å². The number of aliphatic hydroxyl groups excluding tert-OH is 1. The minimum atomic E-state index is -0.422. The van der Waals surface area contributed by atoms with Crippen molar-refractivity contribution in [3.8, 4) is 0 Å². The maximum absolute atomic E-state index is 9.55. The van der Waals surface area contributed by atoms with Crippen LogP contribution in [0, 0.1) is 0 Å². The Morgan fingerprint density at radius 1 is 1.20 bits per heavy atom. The average molecular weight is 219 g/mol. The van der Waals surface area contributed by atoms with Gasteiger partial charge in [0.05, 0.1) is 12.7 Å². The van der Waals surface area contributed by atoms with Crippen molar-refractivity contribution < 1.29 is 14.6 Å². The van der Waals surface area contributed by atoms with Crippen molar-refractivity contribution in [2.45, 2.75) is 38.3 Å². The Bertz CT molecular complexity index is 133. The summed E-state index contributed by atoms with van der Waals surface area (Å²) in [5.41, 5.74) is 0. The molecule has 4 nitrogen and oxygen atoms in total. The van der Waals surface area contributed by atoms with Gasteiger partial charge < -0.3 is 19.9 Å². The van der Waals surface area contributed by atoms with Crippen molar-refractivity contribution in [1.82, 2.24) is 5.32 Å². The van der Waals surface area contributed by atoms with E-state index >= 15 is 0 Å². The van der Waals surface area contributed by atoms with E-state index in [1.54, 1.807) is 7.11 Å². The van der Waals surface area contributed by atoms with Crippen LogP contribution in [0.3, 0.4) is 0 Å². The standard InChI is InChI=1S/C11H25NO3/c1-10(12-2)11(13)9-15-8-6-4-5-7-14-3/h10-13H,4-9H2,1-3H3/t10-,11?/m0/s1. The molecule has 0 saturated carbocycles. The molecule has 0 aromatic heterocycles. The van der Waals surface area contributed by atoms with E-state index < -0.39 is 6.10 Å². The van der Waals surface area contributed by atoms with E-state index in [4.69, 9.17) is 9.47 Å². The molecule has 0 radical (unpaired) electrons. The molecule has 0 bridgehead atoms. The number of unbranched alkanes of at least 4 members (excludes halogenated alkanes) is 2. The molecule has 0 spiro atoms. The van der Waals surface area contributed by atoms with Crippen LogP contribution in [-0.4, -0.2) is 51.2 Å². The Hall–Kier alpha value is -0.160. The monoisotopic (exact) mass is 219 g/mol. The highest BCUT2D eigenvalue weighted by atomic mass is 16.5. The zero-order valence-electron chi connectivity index (χ0n) is 10.2. The molecule has 0 heterocycles. The number of rotatable bonds is 10. The minimum Gasteiger partial charge on any atom is -0.389 e. The second-order valence-corrected chi connectivity index (χ2v) is 3.77.